The van der Waals surface area contributed by atoms with Gasteiger partial charge in [0.05, 0.1) is 6.42 Å². The number of para-hydroxylation sites is 1. The zero-order valence-electron chi connectivity index (χ0n) is 11.1. The summed E-state index contributed by atoms with van der Waals surface area (Å²) >= 11 is 6.93. The lowest BCUT2D eigenvalue weighted by atomic mass is 10.1. The Hall–Kier alpha value is -1.13. The summed E-state index contributed by atoms with van der Waals surface area (Å²) in [7, 11) is 0. The van der Waals surface area contributed by atoms with Gasteiger partial charge in [-0.15, -0.1) is 0 Å². The number of amides is 1. The third-order valence-corrected chi connectivity index (χ3v) is 3.96. The van der Waals surface area contributed by atoms with Gasteiger partial charge in [0, 0.05) is 15.0 Å². The summed E-state index contributed by atoms with van der Waals surface area (Å²) < 4.78 is 1.01. The number of nitrogens with one attached hydrogen (secondary N) is 1. The maximum atomic E-state index is 12.1. The lowest BCUT2D eigenvalue weighted by Gasteiger charge is -2.12. The molecule has 104 valence electrons. The van der Waals surface area contributed by atoms with Crippen LogP contribution >= 0.6 is 31.9 Å². The SMILES string of the molecule is CC(Br)c1ccccc1NC(=O)Cc1ccc(Br)cc1. The number of alkyl halides is 1. The minimum atomic E-state index is -0.00655. The van der Waals surface area contributed by atoms with Gasteiger partial charge in [0.2, 0.25) is 5.91 Å². The molecule has 1 amide bonds. The molecule has 0 aliphatic carbocycles. The predicted octanol–water partition coefficient (Wildman–Crippen LogP) is 5.09. The van der Waals surface area contributed by atoms with Crippen LogP contribution in [-0.4, -0.2) is 5.91 Å². The van der Waals surface area contributed by atoms with Crippen molar-refractivity contribution in [3.8, 4) is 0 Å². The van der Waals surface area contributed by atoms with Crippen LogP contribution in [0.15, 0.2) is 53.0 Å². The summed E-state index contributed by atoms with van der Waals surface area (Å²) in [6, 6.07) is 15.6. The first-order chi connectivity index (χ1) is 9.56. The van der Waals surface area contributed by atoms with E-state index in [0.29, 0.717) is 6.42 Å². The van der Waals surface area contributed by atoms with Crippen LogP contribution in [0.4, 0.5) is 5.69 Å². The highest BCUT2D eigenvalue weighted by molar-refractivity contribution is 9.10. The Labute approximate surface area is 135 Å². The molecule has 0 saturated heterocycles. The number of carbonyl (C=O) groups excluding carboxylic acids is 1. The normalized spacial score (nSPS) is 11.9. The van der Waals surface area contributed by atoms with Crippen molar-refractivity contribution in [2.75, 3.05) is 5.32 Å². The van der Waals surface area contributed by atoms with Gasteiger partial charge in [0.15, 0.2) is 0 Å². The van der Waals surface area contributed by atoms with Gasteiger partial charge in [-0.2, -0.15) is 0 Å². The first-order valence-electron chi connectivity index (χ1n) is 6.33. The first kappa shape index (κ1) is 15.3. The zero-order valence-corrected chi connectivity index (χ0v) is 14.2. The van der Waals surface area contributed by atoms with Crippen LogP contribution in [0.5, 0.6) is 0 Å². The van der Waals surface area contributed by atoms with Crippen molar-refractivity contribution in [2.24, 2.45) is 0 Å². The number of rotatable bonds is 4. The smallest absolute Gasteiger partial charge is 0.228 e. The van der Waals surface area contributed by atoms with Gasteiger partial charge >= 0.3 is 0 Å². The van der Waals surface area contributed by atoms with Crippen LogP contribution in [0.1, 0.15) is 22.9 Å². The molecule has 4 heteroatoms. The molecule has 0 aliphatic heterocycles. The van der Waals surface area contributed by atoms with Crippen molar-refractivity contribution in [1.29, 1.82) is 0 Å². The molecule has 0 heterocycles. The van der Waals surface area contributed by atoms with Gasteiger partial charge in [-0.05, 0) is 36.2 Å². The molecular formula is C16H15Br2NO. The minimum Gasteiger partial charge on any atom is -0.326 e. The van der Waals surface area contributed by atoms with Crippen molar-refractivity contribution in [3.05, 3.63) is 64.1 Å². The summed E-state index contributed by atoms with van der Waals surface area (Å²) in [6.07, 6.45) is 0.373. The van der Waals surface area contributed by atoms with E-state index in [1.54, 1.807) is 0 Å². The van der Waals surface area contributed by atoms with Crippen LogP contribution in [0.3, 0.4) is 0 Å². The number of carbonyl (C=O) groups is 1. The number of hydrogen-bond donors (Lipinski definition) is 1. The van der Waals surface area contributed by atoms with Gasteiger partial charge in [0.1, 0.15) is 0 Å². The number of anilines is 1. The zero-order chi connectivity index (χ0) is 14.5. The lowest BCUT2D eigenvalue weighted by molar-refractivity contribution is -0.115. The Morgan fingerprint density at radius 1 is 1.15 bits per heavy atom. The predicted molar refractivity (Wildman–Crippen MR) is 90.3 cm³/mol. The Kier molecular flexibility index (Phi) is 5.38. The van der Waals surface area contributed by atoms with Crippen LogP contribution in [-0.2, 0) is 11.2 Å². The van der Waals surface area contributed by atoms with Crippen molar-refractivity contribution >= 4 is 43.5 Å². The van der Waals surface area contributed by atoms with Gasteiger partial charge in [-0.3, -0.25) is 4.79 Å². The van der Waals surface area contributed by atoms with Crippen molar-refractivity contribution < 1.29 is 4.79 Å². The summed E-state index contributed by atoms with van der Waals surface area (Å²) in [5.74, 6) is -0.00655. The van der Waals surface area contributed by atoms with Crippen LogP contribution < -0.4 is 5.32 Å². The second kappa shape index (κ2) is 7.04. The summed E-state index contributed by atoms with van der Waals surface area (Å²) in [4.78, 5) is 12.3. The van der Waals surface area contributed by atoms with Crippen LogP contribution in [0, 0.1) is 0 Å². The fourth-order valence-corrected chi connectivity index (χ4v) is 2.60. The Bertz CT molecular complexity index is 594. The highest BCUT2D eigenvalue weighted by Gasteiger charge is 2.10. The third kappa shape index (κ3) is 4.18. The average molecular weight is 397 g/mol. The highest BCUT2D eigenvalue weighted by Crippen LogP contribution is 2.28. The molecule has 0 fully saturated rings. The maximum absolute atomic E-state index is 12.1. The third-order valence-electron chi connectivity index (χ3n) is 2.94. The Morgan fingerprint density at radius 3 is 2.45 bits per heavy atom. The largest absolute Gasteiger partial charge is 0.326 e. The topological polar surface area (TPSA) is 29.1 Å². The minimum absolute atomic E-state index is 0.00655. The second-order valence-corrected chi connectivity index (χ2v) is 6.84. The van der Waals surface area contributed by atoms with Gasteiger partial charge in [-0.1, -0.05) is 62.2 Å². The molecule has 2 rings (SSSR count). The molecule has 2 aromatic carbocycles. The molecule has 0 aliphatic rings. The molecule has 0 saturated carbocycles. The molecule has 2 aromatic rings. The van der Waals surface area contributed by atoms with E-state index in [4.69, 9.17) is 0 Å². The Morgan fingerprint density at radius 2 is 1.80 bits per heavy atom. The second-order valence-electron chi connectivity index (χ2n) is 4.55. The van der Waals surface area contributed by atoms with Crippen molar-refractivity contribution in [1.82, 2.24) is 0 Å². The molecule has 1 N–H and O–H groups in total. The standard InChI is InChI=1S/C16H15Br2NO/c1-11(17)14-4-2-3-5-15(14)19-16(20)10-12-6-8-13(18)9-7-12/h2-9,11H,10H2,1H3,(H,19,20). The summed E-state index contributed by atoms with van der Waals surface area (Å²) in [6.45, 7) is 2.04. The molecule has 0 aromatic heterocycles. The molecule has 1 unspecified atom stereocenters. The lowest BCUT2D eigenvalue weighted by Crippen LogP contribution is -2.15. The molecule has 20 heavy (non-hydrogen) atoms. The van der Waals surface area contributed by atoms with Crippen LogP contribution in [0.25, 0.3) is 0 Å². The fourth-order valence-electron chi connectivity index (χ4n) is 1.94. The average Bonchev–Trinajstić information content (AvgIpc) is 2.41. The van der Waals surface area contributed by atoms with Crippen LogP contribution in [0.2, 0.25) is 0 Å². The number of hydrogen-bond acceptors (Lipinski definition) is 1. The van der Waals surface area contributed by atoms with E-state index in [1.807, 2.05) is 55.5 Å². The van der Waals surface area contributed by atoms with E-state index in [9.17, 15) is 4.79 Å². The summed E-state index contributed by atoms with van der Waals surface area (Å²) in [5, 5.41) is 2.97. The fraction of sp³-hybridized carbons (Fsp3) is 0.188. The maximum Gasteiger partial charge on any atom is 0.228 e. The van der Waals surface area contributed by atoms with Gasteiger partial charge in [0.25, 0.3) is 0 Å². The van der Waals surface area contributed by atoms with E-state index in [1.165, 1.54) is 0 Å². The van der Waals surface area contributed by atoms with Gasteiger partial charge < -0.3 is 5.32 Å². The highest BCUT2D eigenvalue weighted by atomic mass is 79.9. The number of benzene rings is 2. The quantitative estimate of drug-likeness (QED) is 0.716. The summed E-state index contributed by atoms with van der Waals surface area (Å²) in [5.41, 5.74) is 2.94. The monoisotopic (exact) mass is 395 g/mol. The number of halogens is 2. The first-order valence-corrected chi connectivity index (χ1v) is 8.04. The van der Waals surface area contributed by atoms with E-state index in [2.05, 4.69) is 37.2 Å². The van der Waals surface area contributed by atoms with E-state index >= 15 is 0 Å². The van der Waals surface area contributed by atoms with E-state index in [0.717, 1.165) is 21.3 Å². The van der Waals surface area contributed by atoms with E-state index in [-0.39, 0.29) is 10.7 Å². The van der Waals surface area contributed by atoms with E-state index < -0.39 is 0 Å². The molecular weight excluding hydrogens is 382 g/mol. The molecule has 1 atom stereocenters. The molecule has 0 spiro atoms. The van der Waals surface area contributed by atoms with Crippen molar-refractivity contribution in [2.45, 2.75) is 18.2 Å². The molecule has 2 nitrogen and oxygen atoms in total. The molecule has 0 radical (unpaired) electrons. The Balaban J connectivity index is 2.07. The van der Waals surface area contributed by atoms with Gasteiger partial charge in [-0.25, -0.2) is 0 Å². The molecule has 0 bridgehead atoms. The van der Waals surface area contributed by atoms with Crippen molar-refractivity contribution in [3.63, 3.8) is 0 Å².